The summed E-state index contributed by atoms with van der Waals surface area (Å²) >= 11 is 0. The number of hydrogen-bond acceptors (Lipinski definition) is 1. The van der Waals surface area contributed by atoms with Crippen molar-refractivity contribution in [1.82, 2.24) is 4.90 Å². The highest BCUT2D eigenvalue weighted by atomic mass is 16.2. The second kappa shape index (κ2) is 7.85. The molecule has 0 saturated heterocycles. The zero-order chi connectivity index (χ0) is 15.8. The first-order chi connectivity index (χ1) is 10.7. The van der Waals surface area contributed by atoms with Crippen LogP contribution in [0.25, 0.3) is 6.08 Å². The zero-order valence-electron chi connectivity index (χ0n) is 12.7. The molecule has 0 fully saturated rings. The summed E-state index contributed by atoms with van der Waals surface area (Å²) in [6, 6.07) is 17.9. The summed E-state index contributed by atoms with van der Waals surface area (Å²) in [5.74, 6) is 2.46. The van der Waals surface area contributed by atoms with Gasteiger partial charge in [0.15, 0.2) is 0 Å². The van der Waals surface area contributed by atoms with Gasteiger partial charge >= 0.3 is 0 Å². The van der Waals surface area contributed by atoms with E-state index in [0.29, 0.717) is 13.1 Å². The van der Waals surface area contributed by atoms with Crippen molar-refractivity contribution in [3.63, 3.8) is 0 Å². The minimum absolute atomic E-state index is 0.0811. The van der Waals surface area contributed by atoms with E-state index in [2.05, 4.69) is 5.92 Å². The highest BCUT2D eigenvalue weighted by molar-refractivity contribution is 5.91. The van der Waals surface area contributed by atoms with Gasteiger partial charge in [0.05, 0.1) is 6.54 Å². The van der Waals surface area contributed by atoms with Gasteiger partial charge in [-0.25, -0.2) is 0 Å². The molecule has 110 valence electrons. The van der Waals surface area contributed by atoms with Gasteiger partial charge < -0.3 is 4.90 Å². The summed E-state index contributed by atoms with van der Waals surface area (Å²) < 4.78 is 0. The molecule has 1 amide bonds. The normalized spacial score (nSPS) is 10.4. The molecule has 0 bridgehead atoms. The summed E-state index contributed by atoms with van der Waals surface area (Å²) in [6.45, 7) is 2.85. The average Bonchev–Trinajstić information content (AvgIpc) is 2.54. The minimum Gasteiger partial charge on any atom is -0.324 e. The Morgan fingerprint density at radius 2 is 1.82 bits per heavy atom. The predicted octanol–water partition coefficient (Wildman–Crippen LogP) is 3.67. The third-order valence-corrected chi connectivity index (χ3v) is 3.31. The van der Waals surface area contributed by atoms with Crippen molar-refractivity contribution < 1.29 is 4.79 Å². The Balaban J connectivity index is 2.06. The Kier molecular flexibility index (Phi) is 5.57. The lowest BCUT2D eigenvalue weighted by atomic mass is 10.1. The highest BCUT2D eigenvalue weighted by Gasteiger charge is 2.09. The van der Waals surface area contributed by atoms with Crippen LogP contribution in [0.5, 0.6) is 0 Å². The molecule has 0 unspecified atom stereocenters. The van der Waals surface area contributed by atoms with Crippen molar-refractivity contribution in [1.29, 1.82) is 0 Å². The number of aryl methyl sites for hydroxylation is 1. The largest absolute Gasteiger partial charge is 0.324 e. The van der Waals surface area contributed by atoms with E-state index in [9.17, 15) is 4.79 Å². The first kappa shape index (κ1) is 15.6. The van der Waals surface area contributed by atoms with Crippen LogP contribution in [-0.2, 0) is 11.3 Å². The lowest BCUT2D eigenvalue weighted by Gasteiger charge is -2.18. The maximum absolute atomic E-state index is 12.3. The molecular weight excluding hydrogens is 270 g/mol. The number of rotatable bonds is 5. The highest BCUT2D eigenvalue weighted by Crippen LogP contribution is 2.08. The molecule has 0 heterocycles. The molecule has 0 aliphatic heterocycles. The van der Waals surface area contributed by atoms with Crippen molar-refractivity contribution in [3.05, 3.63) is 77.4 Å². The van der Waals surface area contributed by atoms with Gasteiger partial charge in [-0.05, 0) is 24.1 Å². The first-order valence-corrected chi connectivity index (χ1v) is 7.20. The third kappa shape index (κ3) is 4.64. The average molecular weight is 289 g/mol. The molecular formula is C20H19NO. The van der Waals surface area contributed by atoms with E-state index >= 15 is 0 Å². The van der Waals surface area contributed by atoms with Crippen LogP contribution >= 0.6 is 0 Å². The van der Waals surface area contributed by atoms with Crippen LogP contribution in [0.2, 0.25) is 0 Å². The predicted molar refractivity (Wildman–Crippen MR) is 90.9 cm³/mol. The van der Waals surface area contributed by atoms with Crippen LogP contribution in [0.15, 0.2) is 60.7 Å². The van der Waals surface area contributed by atoms with E-state index in [0.717, 1.165) is 11.1 Å². The number of carbonyl (C=O) groups excluding carboxylic acids is 1. The van der Waals surface area contributed by atoms with E-state index in [1.165, 1.54) is 5.56 Å². The quantitative estimate of drug-likeness (QED) is 0.607. The Morgan fingerprint density at radius 3 is 2.45 bits per heavy atom. The fourth-order valence-electron chi connectivity index (χ4n) is 2.08. The fourth-order valence-corrected chi connectivity index (χ4v) is 2.08. The molecule has 0 aliphatic rings. The first-order valence-electron chi connectivity index (χ1n) is 7.20. The molecule has 0 radical (unpaired) electrons. The smallest absolute Gasteiger partial charge is 0.247 e. The van der Waals surface area contributed by atoms with Crippen molar-refractivity contribution in [2.24, 2.45) is 0 Å². The number of hydrogen-bond donors (Lipinski definition) is 0. The third-order valence-electron chi connectivity index (χ3n) is 3.31. The number of carbonyl (C=O) groups is 1. The second-order valence-electron chi connectivity index (χ2n) is 5.13. The van der Waals surface area contributed by atoms with Crippen LogP contribution in [0.3, 0.4) is 0 Å². The summed E-state index contributed by atoms with van der Waals surface area (Å²) in [4.78, 5) is 14.0. The van der Waals surface area contributed by atoms with Gasteiger partial charge in [0.1, 0.15) is 0 Å². The van der Waals surface area contributed by atoms with Crippen molar-refractivity contribution >= 4 is 12.0 Å². The van der Waals surface area contributed by atoms with Gasteiger partial charge in [0.25, 0.3) is 0 Å². The van der Waals surface area contributed by atoms with E-state index in [1.807, 2.05) is 67.6 Å². The molecule has 2 aromatic rings. The molecule has 2 heteroatoms. The Labute approximate surface area is 132 Å². The molecule has 0 spiro atoms. The maximum atomic E-state index is 12.3. The lowest BCUT2D eigenvalue weighted by Crippen LogP contribution is -2.29. The molecule has 2 nitrogen and oxygen atoms in total. The molecule has 0 saturated carbocycles. The molecule has 0 atom stereocenters. The van der Waals surface area contributed by atoms with Gasteiger partial charge in [-0.15, -0.1) is 6.42 Å². The van der Waals surface area contributed by atoms with Crippen LogP contribution in [0.4, 0.5) is 0 Å². The molecule has 22 heavy (non-hydrogen) atoms. The number of terminal acetylenes is 1. The van der Waals surface area contributed by atoms with Gasteiger partial charge in [-0.3, -0.25) is 4.79 Å². The van der Waals surface area contributed by atoms with E-state index in [-0.39, 0.29) is 5.91 Å². The Morgan fingerprint density at radius 1 is 1.14 bits per heavy atom. The van der Waals surface area contributed by atoms with Gasteiger partial charge in [0.2, 0.25) is 5.91 Å². The maximum Gasteiger partial charge on any atom is 0.247 e. The summed E-state index contributed by atoms with van der Waals surface area (Å²) in [5, 5.41) is 0. The van der Waals surface area contributed by atoms with Gasteiger partial charge in [-0.2, -0.15) is 0 Å². The van der Waals surface area contributed by atoms with Crippen LogP contribution in [0.1, 0.15) is 16.7 Å². The van der Waals surface area contributed by atoms with Crippen LogP contribution in [0, 0.1) is 19.3 Å². The summed E-state index contributed by atoms with van der Waals surface area (Å²) in [7, 11) is 0. The molecule has 0 aliphatic carbocycles. The SMILES string of the molecule is C#CCN(Cc1ccccc1)C(=O)/C=C/c1ccc(C)cc1. The number of amides is 1. The zero-order valence-corrected chi connectivity index (χ0v) is 12.7. The number of benzene rings is 2. The van der Waals surface area contributed by atoms with E-state index in [4.69, 9.17) is 6.42 Å². The van der Waals surface area contributed by atoms with Crippen LogP contribution in [-0.4, -0.2) is 17.4 Å². The molecule has 2 rings (SSSR count). The molecule has 0 N–H and O–H groups in total. The van der Waals surface area contributed by atoms with E-state index in [1.54, 1.807) is 11.0 Å². The van der Waals surface area contributed by atoms with Crippen molar-refractivity contribution in [3.8, 4) is 12.3 Å². The van der Waals surface area contributed by atoms with E-state index < -0.39 is 0 Å². The van der Waals surface area contributed by atoms with Gasteiger partial charge in [0, 0.05) is 12.6 Å². The van der Waals surface area contributed by atoms with Crippen LogP contribution < -0.4 is 0 Å². The Bertz CT molecular complexity index is 678. The number of nitrogens with zero attached hydrogens (tertiary/aromatic N) is 1. The summed E-state index contributed by atoms with van der Waals surface area (Å²) in [6.07, 6.45) is 8.77. The van der Waals surface area contributed by atoms with Crippen molar-refractivity contribution in [2.75, 3.05) is 6.54 Å². The topological polar surface area (TPSA) is 20.3 Å². The fraction of sp³-hybridized carbons (Fsp3) is 0.150. The molecule has 0 aromatic heterocycles. The second-order valence-corrected chi connectivity index (χ2v) is 5.13. The lowest BCUT2D eigenvalue weighted by molar-refractivity contribution is -0.125. The summed E-state index contributed by atoms with van der Waals surface area (Å²) in [5.41, 5.74) is 3.26. The van der Waals surface area contributed by atoms with Gasteiger partial charge in [-0.1, -0.05) is 66.1 Å². The van der Waals surface area contributed by atoms with Crippen molar-refractivity contribution in [2.45, 2.75) is 13.5 Å². The Hall–Kier alpha value is -2.79. The minimum atomic E-state index is -0.0811. The molecule has 2 aromatic carbocycles. The monoisotopic (exact) mass is 289 g/mol. The standard InChI is InChI=1S/C20H19NO/c1-3-15-21(16-19-7-5-4-6-8-19)20(22)14-13-18-11-9-17(2)10-12-18/h1,4-14H,15-16H2,2H3/b14-13+.